The molecular weight excluding hydrogens is 264 g/mol. The molecule has 21 heavy (non-hydrogen) atoms. The van der Waals surface area contributed by atoms with Crippen LogP contribution in [-0.4, -0.2) is 18.4 Å². The van der Waals surface area contributed by atoms with Gasteiger partial charge in [0.05, 0.1) is 0 Å². The summed E-state index contributed by atoms with van der Waals surface area (Å²) in [7, 11) is 0. The number of Topliss-reactive ketones (excluding diaryl/α,β-unsaturated/α-hetero) is 1. The van der Waals surface area contributed by atoms with Crippen LogP contribution in [0.2, 0.25) is 0 Å². The smallest absolute Gasteiger partial charge is 0.133 e. The van der Waals surface area contributed by atoms with Crippen LogP contribution in [0.5, 0.6) is 0 Å². The number of carbonyl (C=O) groups is 3. The minimum atomic E-state index is -0.0928. The lowest BCUT2D eigenvalue weighted by molar-refractivity contribution is -0.123. The van der Waals surface area contributed by atoms with Crippen molar-refractivity contribution in [1.82, 2.24) is 0 Å². The van der Waals surface area contributed by atoms with E-state index in [0.29, 0.717) is 19.3 Å². The van der Waals surface area contributed by atoms with E-state index >= 15 is 0 Å². The zero-order valence-electron chi connectivity index (χ0n) is 13.4. The molecule has 0 amide bonds. The second kappa shape index (κ2) is 15.1. The highest BCUT2D eigenvalue weighted by atomic mass is 16.1. The third kappa shape index (κ3) is 13.5. The van der Waals surface area contributed by atoms with Gasteiger partial charge in [-0.3, -0.25) is 4.79 Å². The maximum atomic E-state index is 11.7. The SMILES string of the molecule is CCCCCC(=O)CC(C=O)CCCCCC=CCC=O. The van der Waals surface area contributed by atoms with E-state index in [-0.39, 0.29) is 11.7 Å². The van der Waals surface area contributed by atoms with Crippen molar-refractivity contribution in [3.63, 3.8) is 0 Å². The van der Waals surface area contributed by atoms with Gasteiger partial charge in [0.25, 0.3) is 0 Å². The van der Waals surface area contributed by atoms with Gasteiger partial charge in [-0.2, -0.15) is 0 Å². The average molecular weight is 294 g/mol. The first kappa shape index (κ1) is 19.8. The summed E-state index contributed by atoms with van der Waals surface area (Å²) in [5, 5.41) is 0. The summed E-state index contributed by atoms with van der Waals surface area (Å²) in [5.74, 6) is 0.141. The van der Waals surface area contributed by atoms with Gasteiger partial charge in [0, 0.05) is 25.2 Å². The average Bonchev–Trinajstić information content (AvgIpc) is 2.49. The first-order valence-corrected chi connectivity index (χ1v) is 8.30. The van der Waals surface area contributed by atoms with Crippen molar-refractivity contribution in [2.24, 2.45) is 5.92 Å². The number of hydrogen-bond acceptors (Lipinski definition) is 3. The topological polar surface area (TPSA) is 51.2 Å². The van der Waals surface area contributed by atoms with Gasteiger partial charge in [0.1, 0.15) is 18.4 Å². The normalized spacial score (nSPS) is 12.4. The molecule has 3 heteroatoms. The first-order valence-electron chi connectivity index (χ1n) is 8.30. The lowest BCUT2D eigenvalue weighted by Crippen LogP contribution is -2.10. The van der Waals surface area contributed by atoms with Gasteiger partial charge in [-0.15, -0.1) is 0 Å². The minimum Gasteiger partial charge on any atom is -0.303 e. The molecule has 0 aliphatic heterocycles. The summed E-state index contributed by atoms with van der Waals surface area (Å²) >= 11 is 0. The van der Waals surface area contributed by atoms with E-state index in [2.05, 4.69) is 6.92 Å². The molecule has 0 saturated carbocycles. The number of hydrogen-bond donors (Lipinski definition) is 0. The fourth-order valence-corrected chi connectivity index (χ4v) is 2.30. The number of ketones is 1. The van der Waals surface area contributed by atoms with Gasteiger partial charge >= 0.3 is 0 Å². The predicted molar refractivity (Wildman–Crippen MR) is 86.2 cm³/mol. The standard InChI is InChI=1S/C18H30O3/c1-2-3-9-13-18(21)15-17(16-20)12-10-7-5-4-6-8-11-14-19/h6,8,14,16-17H,2-5,7,9-13,15H2,1H3. The maximum Gasteiger partial charge on any atom is 0.133 e. The maximum absolute atomic E-state index is 11.7. The monoisotopic (exact) mass is 294 g/mol. The van der Waals surface area contributed by atoms with Crippen molar-refractivity contribution in [3.8, 4) is 0 Å². The van der Waals surface area contributed by atoms with Crippen LogP contribution in [0.3, 0.4) is 0 Å². The molecule has 0 radical (unpaired) electrons. The molecular formula is C18H30O3. The van der Waals surface area contributed by atoms with Crippen molar-refractivity contribution in [2.45, 2.75) is 77.6 Å². The fourth-order valence-electron chi connectivity index (χ4n) is 2.30. The van der Waals surface area contributed by atoms with E-state index in [9.17, 15) is 14.4 Å². The van der Waals surface area contributed by atoms with Crippen LogP contribution in [0.1, 0.15) is 77.6 Å². The second-order valence-corrected chi connectivity index (χ2v) is 5.61. The molecule has 0 bridgehead atoms. The lowest BCUT2D eigenvalue weighted by atomic mass is 9.95. The first-order chi connectivity index (χ1) is 10.2. The highest BCUT2D eigenvalue weighted by Crippen LogP contribution is 2.15. The number of aldehydes is 2. The van der Waals surface area contributed by atoms with Gasteiger partial charge in [0.15, 0.2) is 0 Å². The minimum absolute atomic E-state index is 0.0928. The molecule has 0 spiro atoms. The Labute approximate surface area is 129 Å². The molecule has 0 aromatic carbocycles. The van der Waals surface area contributed by atoms with Gasteiger partial charge in [-0.1, -0.05) is 44.8 Å². The Morgan fingerprint density at radius 1 is 1.00 bits per heavy atom. The summed E-state index contributed by atoms with van der Waals surface area (Å²) in [4.78, 5) is 32.8. The molecule has 0 aliphatic rings. The number of allylic oxidation sites excluding steroid dienone is 2. The molecule has 0 aromatic heterocycles. The van der Waals surface area contributed by atoms with Crippen LogP contribution in [0.4, 0.5) is 0 Å². The van der Waals surface area contributed by atoms with Crippen LogP contribution in [-0.2, 0) is 14.4 Å². The second-order valence-electron chi connectivity index (χ2n) is 5.61. The fraction of sp³-hybridized carbons (Fsp3) is 0.722. The lowest BCUT2D eigenvalue weighted by Gasteiger charge is -2.09. The summed E-state index contributed by atoms with van der Waals surface area (Å²) in [5.41, 5.74) is 0. The molecule has 0 aromatic rings. The predicted octanol–water partition coefficient (Wildman–Crippen LogP) is 4.44. The Bertz CT molecular complexity index is 308. The Balaban J connectivity index is 3.63. The molecule has 1 atom stereocenters. The van der Waals surface area contributed by atoms with E-state index < -0.39 is 0 Å². The highest BCUT2D eigenvalue weighted by molar-refractivity contribution is 5.81. The van der Waals surface area contributed by atoms with Gasteiger partial charge in [0.2, 0.25) is 0 Å². The van der Waals surface area contributed by atoms with Gasteiger partial charge in [-0.05, 0) is 25.7 Å². The molecule has 0 saturated heterocycles. The molecule has 3 nitrogen and oxygen atoms in total. The van der Waals surface area contributed by atoms with Crippen LogP contribution in [0, 0.1) is 5.92 Å². The third-order valence-corrected chi connectivity index (χ3v) is 3.59. The van der Waals surface area contributed by atoms with Crippen molar-refractivity contribution in [3.05, 3.63) is 12.2 Å². The summed E-state index contributed by atoms with van der Waals surface area (Å²) < 4.78 is 0. The number of carbonyl (C=O) groups excluding carboxylic acids is 3. The Morgan fingerprint density at radius 3 is 2.48 bits per heavy atom. The summed E-state index contributed by atoms with van der Waals surface area (Å²) in [6, 6.07) is 0. The molecule has 0 aliphatic carbocycles. The molecule has 0 fully saturated rings. The largest absolute Gasteiger partial charge is 0.303 e. The Morgan fingerprint density at radius 2 is 1.81 bits per heavy atom. The summed E-state index contributed by atoms with van der Waals surface area (Å²) in [6.07, 6.45) is 15.4. The molecule has 120 valence electrons. The van der Waals surface area contributed by atoms with Gasteiger partial charge in [-0.25, -0.2) is 0 Å². The van der Waals surface area contributed by atoms with Crippen LogP contribution in [0.25, 0.3) is 0 Å². The van der Waals surface area contributed by atoms with E-state index in [1.165, 1.54) is 0 Å². The Hall–Kier alpha value is -1.25. The van der Waals surface area contributed by atoms with Crippen LogP contribution in [0.15, 0.2) is 12.2 Å². The van der Waals surface area contributed by atoms with Crippen LogP contribution >= 0.6 is 0 Å². The molecule has 1 unspecified atom stereocenters. The zero-order chi connectivity index (χ0) is 15.8. The Kier molecular flexibility index (Phi) is 14.2. The zero-order valence-corrected chi connectivity index (χ0v) is 13.4. The van der Waals surface area contributed by atoms with Crippen molar-refractivity contribution in [2.75, 3.05) is 0 Å². The molecule has 0 N–H and O–H groups in total. The number of rotatable bonds is 15. The molecule has 0 heterocycles. The van der Waals surface area contributed by atoms with Gasteiger partial charge < -0.3 is 9.59 Å². The molecule has 0 rings (SSSR count). The van der Waals surface area contributed by atoms with E-state index in [0.717, 1.165) is 63.9 Å². The van der Waals surface area contributed by atoms with E-state index in [1.54, 1.807) is 0 Å². The van der Waals surface area contributed by atoms with Crippen molar-refractivity contribution in [1.29, 1.82) is 0 Å². The van der Waals surface area contributed by atoms with Crippen molar-refractivity contribution < 1.29 is 14.4 Å². The van der Waals surface area contributed by atoms with E-state index in [4.69, 9.17) is 0 Å². The number of unbranched alkanes of at least 4 members (excludes halogenated alkanes) is 5. The highest BCUT2D eigenvalue weighted by Gasteiger charge is 2.12. The quantitative estimate of drug-likeness (QED) is 0.255. The van der Waals surface area contributed by atoms with Crippen molar-refractivity contribution >= 4 is 18.4 Å². The van der Waals surface area contributed by atoms with Crippen LogP contribution < -0.4 is 0 Å². The van der Waals surface area contributed by atoms with E-state index in [1.807, 2.05) is 12.2 Å². The third-order valence-electron chi connectivity index (χ3n) is 3.59. The summed E-state index contributed by atoms with van der Waals surface area (Å²) in [6.45, 7) is 2.12.